The van der Waals surface area contributed by atoms with Crippen molar-refractivity contribution in [1.29, 1.82) is 0 Å². The van der Waals surface area contributed by atoms with Gasteiger partial charge in [-0.1, -0.05) is 30.3 Å². The second kappa shape index (κ2) is 10.9. The predicted octanol–water partition coefficient (Wildman–Crippen LogP) is 3.72. The van der Waals surface area contributed by atoms with Gasteiger partial charge in [0.05, 0.1) is 18.8 Å². The normalized spacial score (nSPS) is 14.4. The first-order chi connectivity index (χ1) is 18.0. The van der Waals surface area contributed by atoms with E-state index in [1.807, 2.05) is 6.07 Å². The second-order valence-electron chi connectivity index (χ2n) is 8.91. The van der Waals surface area contributed by atoms with Crippen LogP contribution in [0, 0.1) is 5.82 Å². The Kier molecular flexibility index (Phi) is 7.20. The molecule has 5 rings (SSSR count). The average Bonchev–Trinajstić information content (AvgIpc) is 2.92. The van der Waals surface area contributed by atoms with Crippen LogP contribution in [0.5, 0.6) is 0 Å². The molecule has 37 heavy (non-hydrogen) atoms. The number of hydrogen-bond acceptors (Lipinski definition) is 5. The number of pyridine rings is 2. The van der Waals surface area contributed by atoms with Crippen molar-refractivity contribution < 1.29 is 13.9 Å². The fourth-order valence-corrected chi connectivity index (χ4v) is 4.56. The molecule has 1 N–H and O–H groups in total. The molecular weight excluding hydrogens is 473 g/mol. The number of morpholine rings is 1. The van der Waals surface area contributed by atoms with Crippen LogP contribution in [-0.2, 0) is 11.3 Å². The van der Waals surface area contributed by atoms with Gasteiger partial charge in [-0.05, 0) is 47.5 Å². The fourth-order valence-electron chi connectivity index (χ4n) is 4.56. The summed E-state index contributed by atoms with van der Waals surface area (Å²) in [7, 11) is 0. The van der Waals surface area contributed by atoms with Crippen LogP contribution < -0.4 is 11.1 Å². The Morgan fingerprint density at radius 2 is 1.78 bits per heavy atom. The van der Waals surface area contributed by atoms with Gasteiger partial charge in [0.2, 0.25) is 0 Å². The van der Waals surface area contributed by atoms with Gasteiger partial charge >= 0.3 is 0 Å². The molecule has 2 aromatic carbocycles. The van der Waals surface area contributed by atoms with E-state index in [1.165, 1.54) is 30.3 Å². The zero-order valence-electron chi connectivity index (χ0n) is 20.2. The fraction of sp³-hybridized carbons (Fsp3) is 0.207. The van der Waals surface area contributed by atoms with E-state index in [2.05, 4.69) is 9.88 Å². The number of rotatable bonds is 7. The number of nitrogens with one attached hydrogen (secondary N) is 1. The van der Waals surface area contributed by atoms with Crippen molar-refractivity contribution >= 4 is 22.8 Å². The lowest BCUT2D eigenvalue weighted by atomic mass is 9.94. The number of H-pyrrole nitrogens is 1. The highest BCUT2D eigenvalue weighted by molar-refractivity contribution is 6.15. The third-order valence-corrected chi connectivity index (χ3v) is 6.48. The Labute approximate surface area is 212 Å². The molecular formula is C29H26FN3O4. The van der Waals surface area contributed by atoms with Crippen LogP contribution in [0.25, 0.3) is 28.1 Å². The van der Waals surface area contributed by atoms with Gasteiger partial charge in [0.25, 0.3) is 11.1 Å². The van der Waals surface area contributed by atoms with Gasteiger partial charge in [-0.3, -0.25) is 19.3 Å². The molecule has 0 radical (unpaired) electrons. The standard InChI is InChI=1S/C29H26FN3O4/c30-22-8-9-24-23(18-22)27(21-4-2-1-3-5-21)28(29(36)31-24)25(34)10-6-20-7-11-26(35)33(19-20)13-12-32-14-16-37-17-15-32/h1-11,18-19H,12-17H2,(H,31,36)/b10-6+. The summed E-state index contributed by atoms with van der Waals surface area (Å²) in [5, 5.41) is 0.444. The molecule has 8 heteroatoms. The minimum atomic E-state index is -0.553. The van der Waals surface area contributed by atoms with Gasteiger partial charge in [-0.15, -0.1) is 0 Å². The van der Waals surface area contributed by atoms with Gasteiger partial charge < -0.3 is 14.3 Å². The van der Waals surface area contributed by atoms with Gasteiger partial charge in [0, 0.05) is 54.9 Å². The molecule has 0 amide bonds. The first-order valence-electron chi connectivity index (χ1n) is 12.1. The van der Waals surface area contributed by atoms with Crippen LogP contribution in [-0.4, -0.2) is 53.1 Å². The summed E-state index contributed by atoms with van der Waals surface area (Å²) in [5.74, 6) is -0.984. The van der Waals surface area contributed by atoms with Crippen LogP contribution >= 0.6 is 0 Å². The molecule has 3 heterocycles. The highest BCUT2D eigenvalue weighted by atomic mass is 19.1. The lowest BCUT2D eigenvalue weighted by Crippen LogP contribution is -2.39. The van der Waals surface area contributed by atoms with E-state index in [0.717, 1.165) is 19.6 Å². The van der Waals surface area contributed by atoms with Crippen LogP contribution in [0.15, 0.2) is 82.5 Å². The third kappa shape index (κ3) is 5.50. The zero-order valence-corrected chi connectivity index (χ0v) is 20.2. The highest BCUT2D eigenvalue weighted by Crippen LogP contribution is 2.30. The Morgan fingerprint density at radius 3 is 2.57 bits per heavy atom. The maximum absolute atomic E-state index is 14.2. The summed E-state index contributed by atoms with van der Waals surface area (Å²) in [6, 6.07) is 16.2. The van der Waals surface area contributed by atoms with E-state index in [0.29, 0.717) is 47.4 Å². The number of halogens is 1. The third-order valence-electron chi connectivity index (χ3n) is 6.48. The first-order valence-corrected chi connectivity index (χ1v) is 12.1. The number of hydrogen-bond donors (Lipinski definition) is 1. The number of allylic oxidation sites excluding steroid dienone is 1. The highest BCUT2D eigenvalue weighted by Gasteiger charge is 2.19. The van der Waals surface area contributed by atoms with Crippen LogP contribution in [0.3, 0.4) is 0 Å². The van der Waals surface area contributed by atoms with Crippen molar-refractivity contribution in [1.82, 2.24) is 14.5 Å². The van der Waals surface area contributed by atoms with E-state index in [4.69, 9.17) is 4.74 Å². The van der Waals surface area contributed by atoms with Gasteiger partial charge in [-0.25, -0.2) is 4.39 Å². The maximum Gasteiger partial charge on any atom is 0.260 e. The minimum absolute atomic E-state index is 0.0683. The molecule has 4 aromatic rings. The lowest BCUT2D eigenvalue weighted by Gasteiger charge is -2.26. The number of benzene rings is 2. The number of aromatic amines is 1. The van der Waals surface area contributed by atoms with E-state index in [-0.39, 0.29) is 11.1 Å². The molecule has 2 aromatic heterocycles. The van der Waals surface area contributed by atoms with Crippen LogP contribution in [0.4, 0.5) is 4.39 Å². The van der Waals surface area contributed by atoms with Crippen molar-refractivity contribution in [3.63, 3.8) is 0 Å². The molecule has 1 fully saturated rings. The molecule has 0 unspecified atom stereocenters. The smallest absolute Gasteiger partial charge is 0.260 e. The summed E-state index contributed by atoms with van der Waals surface area (Å²) in [5.41, 5.74) is 1.36. The number of ketones is 1. The van der Waals surface area contributed by atoms with E-state index >= 15 is 0 Å². The number of ether oxygens (including phenoxy) is 1. The largest absolute Gasteiger partial charge is 0.379 e. The average molecular weight is 500 g/mol. The number of carbonyl (C=O) groups excluding carboxylic acids is 1. The molecule has 0 spiro atoms. The number of fused-ring (bicyclic) bond motifs is 1. The van der Waals surface area contributed by atoms with Crippen molar-refractivity contribution in [2.24, 2.45) is 0 Å². The number of carbonyl (C=O) groups is 1. The molecule has 188 valence electrons. The van der Waals surface area contributed by atoms with Crippen molar-refractivity contribution in [2.75, 3.05) is 32.8 Å². The predicted molar refractivity (Wildman–Crippen MR) is 141 cm³/mol. The van der Waals surface area contributed by atoms with E-state index in [9.17, 15) is 18.8 Å². The second-order valence-corrected chi connectivity index (χ2v) is 8.91. The Bertz CT molecular complexity index is 1580. The molecule has 0 saturated carbocycles. The molecule has 1 saturated heterocycles. The summed E-state index contributed by atoms with van der Waals surface area (Å²) >= 11 is 0. The number of aromatic nitrogens is 2. The minimum Gasteiger partial charge on any atom is -0.379 e. The van der Waals surface area contributed by atoms with Crippen molar-refractivity contribution in [2.45, 2.75) is 6.54 Å². The summed E-state index contributed by atoms with van der Waals surface area (Å²) < 4.78 is 21.1. The molecule has 0 atom stereocenters. The van der Waals surface area contributed by atoms with Crippen molar-refractivity contribution in [3.8, 4) is 11.1 Å². The molecule has 1 aliphatic rings. The zero-order chi connectivity index (χ0) is 25.8. The van der Waals surface area contributed by atoms with Gasteiger partial charge in [-0.2, -0.15) is 0 Å². The molecule has 1 aliphatic heterocycles. The van der Waals surface area contributed by atoms with Gasteiger partial charge in [0.1, 0.15) is 5.82 Å². The SMILES string of the molecule is O=C(/C=C/c1ccc(=O)n(CCN2CCOCC2)c1)c1c(-c2ccccc2)c2cc(F)ccc2[nH]c1=O. The molecule has 0 aliphatic carbocycles. The quantitative estimate of drug-likeness (QED) is 0.310. The summed E-state index contributed by atoms with van der Waals surface area (Å²) in [6.45, 7) is 4.27. The topological polar surface area (TPSA) is 84.4 Å². The lowest BCUT2D eigenvalue weighted by molar-refractivity contribution is 0.0363. The van der Waals surface area contributed by atoms with E-state index < -0.39 is 17.2 Å². The Hall–Kier alpha value is -4.14. The van der Waals surface area contributed by atoms with Crippen LogP contribution in [0.1, 0.15) is 15.9 Å². The molecule has 7 nitrogen and oxygen atoms in total. The van der Waals surface area contributed by atoms with Gasteiger partial charge in [0.15, 0.2) is 5.78 Å². The number of nitrogens with zero attached hydrogens (tertiary/aromatic N) is 2. The van der Waals surface area contributed by atoms with Crippen molar-refractivity contribution in [3.05, 3.63) is 111 Å². The molecule has 0 bridgehead atoms. The van der Waals surface area contributed by atoms with E-state index in [1.54, 1.807) is 47.2 Å². The maximum atomic E-state index is 14.2. The Morgan fingerprint density at radius 1 is 1.00 bits per heavy atom. The monoisotopic (exact) mass is 499 g/mol. The first kappa shape index (κ1) is 24.5. The summed E-state index contributed by atoms with van der Waals surface area (Å²) in [4.78, 5) is 43.7. The Balaban J connectivity index is 1.47. The van der Waals surface area contributed by atoms with Crippen LogP contribution in [0.2, 0.25) is 0 Å². The summed E-state index contributed by atoms with van der Waals surface area (Å²) in [6.07, 6.45) is 4.59.